The molecule has 2 aliphatic rings. The molecule has 2 heterocycles. The van der Waals surface area contributed by atoms with Crippen molar-refractivity contribution in [1.82, 2.24) is 9.80 Å². The van der Waals surface area contributed by atoms with Crippen molar-refractivity contribution in [3.8, 4) is 17.2 Å². The summed E-state index contributed by atoms with van der Waals surface area (Å²) in [5.74, 6) is 1.88. The molecule has 0 aromatic heterocycles. The fraction of sp³-hybridized carbons (Fsp3) is 0.286. The molecule has 3 aromatic rings. The number of hydrogen-bond acceptors (Lipinski definition) is 5. The number of piperazine rings is 1. The Balaban J connectivity index is 1.38. The molecule has 0 aliphatic carbocycles. The van der Waals surface area contributed by atoms with E-state index in [0.717, 1.165) is 23.4 Å². The van der Waals surface area contributed by atoms with Crippen LogP contribution in [0.5, 0.6) is 17.2 Å². The maximum atomic E-state index is 13.3. The zero-order valence-corrected chi connectivity index (χ0v) is 20.5. The van der Waals surface area contributed by atoms with E-state index < -0.39 is 11.7 Å². The van der Waals surface area contributed by atoms with Crippen molar-refractivity contribution in [2.45, 2.75) is 25.6 Å². The molecule has 5 rings (SSSR count). The number of ether oxygens (including phenoxy) is 2. The lowest BCUT2D eigenvalue weighted by Crippen LogP contribution is -2.55. The predicted octanol–water partition coefficient (Wildman–Crippen LogP) is 5.67. The maximum absolute atomic E-state index is 13.3. The van der Waals surface area contributed by atoms with Crippen LogP contribution < -0.4 is 9.47 Å². The van der Waals surface area contributed by atoms with Crippen LogP contribution in [0.3, 0.4) is 0 Å². The quantitative estimate of drug-likeness (QED) is 0.456. The molecule has 1 atom stereocenters. The summed E-state index contributed by atoms with van der Waals surface area (Å²) in [4.78, 5) is 21.8. The summed E-state index contributed by atoms with van der Waals surface area (Å²) in [6.07, 6.45) is -4.19. The van der Waals surface area contributed by atoms with E-state index in [0.29, 0.717) is 48.9 Å². The van der Waals surface area contributed by atoms with Crippen molar-refractivity contribution in [2.75, 3.05) is 26.7 Å². The van der Waals surface area contributed by atoms with Gasteiger partial charge in [0.2, 0.25) is 5.91 Å². The topological polar surface area (TPSA) is 54.4 Å². The van der Waals surface area contributed by atoms with Gasteiger partial charge in [-0.25, -0.2) is 4.99 Å². The second-order valence-corrected chi connectivity index (χ2v) is 9.12. The molecule has 0 saturated carbocycles. The number of amides is 1. The Bertz CT molecular complexity index is 1340. The first-order valence-corrected chi connectivity index (χ1v) is 12.0. The number of halogens is 3. The van der Waals surface area contributed by atoms with E-state index in [1.807, 2.05) is 48.2 Å². The number of hydrogen-bond donors (Lipinski definition) is 0. The maximum Gasteiger partial charge on any atom is 0.416 e. The van der Waals surface area contributed by atoms with Gasteiger partial charge in [0.15, 0.2) is 5.75 Å². The fourth-order valence-corrected chi connectivity index (χ4v) is 4.68. The summed E-state index contributed by atoms with van der Waals surface area (Å²) in [7, 11) is 1.60. The molecular weight excluding hydrogens is 483 g/mol. The van der Waals surface area contributed by atoms with Crippen LogP contribution in [0, 0.1) is 0 Å². The standard InChI is InChI=1S/C28H26F3N3O3/c1-18-17-33(13-14-34(18)26(35)15-19-7-10-21(36-2)11-8-19)27-22-5-3-4-6-24(22)37-25-16-20(28(29,30)31)9-12-23(25)32-27/h3-12,16,18H,13-15,17H2,1-2H3/t18-/m0/s1. The second-order valence-electron chi connectivity index (χ2n) is 9.12. The number of benzene rings is 3. The summed E-state index contributed by atoms with van der Waals surface area (Å²) in [6.45, 7) is 3.54. The minimum absolute atomic E-state index is 0.0360. The lowest BCUT2D eigenvalue weighted by atomic mass is 10.1. The molecule has 9 heteroatoms. The highest BCUT2D eigenvalue weighted by Crippen LogP contribution is 2.42. The van der Waals surface area contributed by atoms with Gasteiger partial charge >= 0.3 is 6.18 Å². The third kappa shape index (κ3) is 5.12. The number of rotatable bonds is 3. The average molecular weight is 510 g/mol. The molecule has 0 unspecified atom stereocenters. The number of aliphatic imine (C=N–C) groups is 1. The summed E-state index contributed by atoms with van der Waals surface area (Å²) in [6, 6.07) is 17.9. The molecule has 1 saturated heterocycles. The van der Waals surface area contributed by atoms with Gasteiger partial charge in [-0.05, 0) is 55.0 Å². The van der Waals surface area contributed by atoms with Crippen LogP contribution in [0.4, 0.5) is 18.9 Å². The second kappa shape index (κ2) is 9.80. The van der Waals surface area contributed by atoms with E-state index in [2.05, 4.69) is 4.90 Å². The largest absolute Gasteiger partial charge is 0.497 e. The van der Waals surface area contributed by atoms with Crippen molar-refractivity contribution in [3.05, 3.63) is 83.4 Å². The minimum Gasteiger partial charge on any atom is -0.497 e. The zero-order valence-electron chi connectivity index (χ0n) is 20.5. The van der Waals surface area contributed by atoms with Crippen molar-refractivity contribution in [3.63, 3.8) is 0 Å². The Morgan fingerprint density at radius 3 is 2.51 bits per heavy atom. The van der Waals surface area contributed by atoms with Crippen LogP contribution in [-0.2, 0) is 17.4 Å². The van der Waals surface area contributed by atoms with Crippen LogP contribution in [-0.4, -0.2) is 54.3 Å². The van der Waals surface area contributed by atoms with Gasteiger partial charge < -0.3 is 19.3 Å². The van der Waals surface area contributed by atoms with Crippen LogP contribution in [0.15, 0.2) is 71.7 Å². The lowest BCUT2D eigenvalue weighted by molar-refractivity contribution is -0.137. The first-order chi connectivity index (χ1) is 17.7. The first-order valence-electron chi connectivity index (χ1n) is 12.0. The Kier molecular flexibility index (Phi) is 6.54. The number of amidine groups is 1. The monoisotopic (exact) mass is 509 g/mol. The number of carbonyl (C=O) groups excluding carboxylic acids is 1. The number of alkyl halides is 3. The van der Waals surface area contributed by atoms with Crippen molar-refractivity contribution in [1.29, 1.82) is 0 Å². The Morgan fingerprint density at radius 2 is 1.81 bits per heavy atom. The van der Waals surface area contributed by atoms with Gasteiger partial charge in [-0.2, -0.15) is 13.2 Å². The van der Waals surface area contributed by atoms with E-state index in [-0.39, 0.29) is 17.7 Å². The third-order valence-electron chi connectivity index (χ3n) is 6.62. The van der Waals surface area contributed by atoms with Crippen LogP contribution >= 0.6 is 0 Å². The average Bonchev–Trinajstić information content (AvgIpc) is 3.05. The number of nitrogens with zero attached hydrogens (tertiary/aromatic N) is 3. The van der Waals surface area contributed by atoms with Gasteiger partial charge in [0, 0.05) is 25.7 Å². The molecule has 3 aromatic carbocycles. The number of para-hydroxylation sites is 1. The molecular formula is C28H26F3N3O3. The molecule has 1 amide bonds. The summed E-state index contributed by atoms with van der Waals surface area (Å²) in [5, 5.41) is 0. The van der Waals surface area contributed by atoms with Crippen molar-refractivity contribution < 1.29 is 27.4 Å². The highest BCUT2D eigenvalue weighted by molar-refractivity contribution is 6.04. The van der Waals surface area contributed by atoms with E-state index in [9.17, 15) is 18.0 Å². The molecule has 0 bridgehead atoms. The smallest absolute Gasteiger partial charge is 0.416 e. The van der Waals surface area contributed by atoms with E-state index in [1.165, 1.54) is 6.07 Å². The molecule has 2 aliphatic heterocycles. The number of methoxy groups -OCH3 is 1. The number of fused-ring (bicyclic) bond motifs is 2. The molecule has 1 fully saturated rings. The van der Waals surface area contributed by atoms with Gasteiger partial charge in [0.1, 0.15) is 23.0 Å². The summed E-state index contributed by atoms with van der Waals surface area (Å²) >= 11 is 0. The minimum atomic E-state index is -4.49. The SMILES string of the molecule is COc1ccc(CC(=O)N2CCN(C3=Nc4ccc(C(F)(F)F)cc4Oc4ccccc43)C[C@@H]2C)cc1. The molecule has 0 spiro atoms. The lowest BCUT2D eigenvalue weighted by Gasteiger charge is -2.41. The van der Waals surface area contributed by atoms with Gasteiger partial charge in [-0.15, -0.1) is 0 Å². The Hall–Kier alpha value is -4.01. The third-order valence-corrected chi connectivity index (χ3v) is 6.62. The number of carbonyl (C=O) groups is 1. The molecule has 192 valence electrons. The van der Waals surface area contributed by atoms with Crippen LogP contribution in [0.2, 0.25) is 0 Å². The van der Waals surface area contributed by atoms with Gasteiger partial charge in [0.05, 0.1) is 24.7 Å². The van der Waals surface area contributed by atoms with Crippen LogP contribution in [0.25, 0.3) is 0 Å². The highest BCUT2D eigenvalue weighted by Gasteiger charge is 2.34. The van der Waals surface area contributed by atoms with E-state index >= 15 is 0 Å². The summed E-state index contributed by atoms with van der Waals surface area (Å²) < 4.78 is 51.0. The molecule has 0 N–H and O–H groups in total. The predicted molar refractivity (Wildman–Crippen MR) is 134 cm³/mol. The molecule has 6 nitrogen and oxygen atoms in total. The normalized spacial score (nSPS) is 17.2. The van der Waals surface area contributed by atoms with E-state index in [1.54, 1.807) is 19.2 Å². The van der Waals surface area contributed by atoms with Gasteiger partial charge in [-0.1, -0.05) is 24.3 Å². The molecule has 37 heavy (non-hydrogen) atoms. The fourth-order valence-electron chi connectivity index (χ4n) is 4.68. The first kappa shape index (κ1) is 24.7. The Labute approximate surface area is 212 Å². The Morgan fingerprint density at radius 1 is 1.05 bits per heavy atom. The summed E-state index contributed by atoms with van der Waals surface area (Å²) in [5.41, 5.74) is 1.14. The van der Waals surface area contributed by atoms with Crippen molar-refractivity contribution >= 4 is 17.4 Å². The van der Waals surface area contributed by atoms with Gasteiger partial charge in [-0.3, -0.25) is 4.79 Å². The highest BCUT2D eigenvalue weighted by atomic mass is 19.4. The van der Waals surface area contributed by atoms with E-state index in [4.69, 9.17) is 14.5 Å². The van der Waals surface area contributed by atoms with Crippen LogP contribution in [0.1, 0.15) is 23.6 Å². The van der Waals surface area contributed by atoms with Crippen molar-refractivity contribution in [2.24, 2.45) is 4.99 Å². The van der Waals surface area contributed by atoms with Gasteiger partial charge in [0.25, 0.3) is 0 Å². The zero-order chi connectivity index (χ0) is 26.2. The molecule has 0 radical (unpaired) electrons.